The third-order valence-corrected chi connectivity index (χ3v) is 5.41. The number of para-hydroxylation sites is 1. The van der Waals surface area contributed by atoms with Crippen molar-refractivity contribution in [2.75, 3.05) is 0 Å². The molecule has 0 amide bonds. The zero-order valence-electron chi connectivity index (χ0n) is 10.8. The van der Waals surface area contributed by atoms with Crippen LogP contribution in [0.4, 0.5) is 5.69 Å². The molecule has 0 aromatic heterocycles. The maximum Gasteiger partial charge on any atom is 0.285 e. The second kappa shape index (κ2) is 6.97. The lowest BCUT2D eigenvalue weighted by Crippen LogP contribution is -1.98. The van der Waals surface area contributed by atoms with Crippen LogP contribution in [0.25, 0.3) is 0 Å². The van der Waals surface area contributed by atoms with Gasteiger partial charge in [0.1, 0.15) is 19.5 Å². The van der Waals surface area contributed by atoms with Crippen LogP contribution in [-0.4, -0.2) is 9.13 Å². The average molecular weight is 356 g/mol. The largest absolute Gasteiger partial charge is 0.285 e. The molecule has 0 N–H and O–H groups in total. The first-order valence-corrected chi connectivity index (χ1v) is 8.33. The van der Waals surface area contributed by atoms with Crippen molar-refractivity contribution in [2.45, 2.75) is 37.0 Å². The molecule has 1 unspecified atom stereocenters. The van der Waals surface area contributed by atoms with Crippen molar-refractivity contribution in [3.05, 3.63) is 49.5 Å². The van der Waals surface area contributed by atoms with Crippen molar-refractivity contribution < 1.29 is 9.13 Å². The first-order chi connectivity index (χ1) is 9.59. The normalized spacial score (nSPS) is 16.4. The second-order valence-electron chi connectivity index (χ2n) is 4.56. The van der Waals surface area contributed by atoms with Crippen molar-refractivity contribution in [3.8, 4) is 0 Å². The molecule has 4 nitrogen and oxygen atoms in total. The molecule has 0 spiro atoms. The van der Waals surface area contributed by atoms with E-state index in [1.54, 1.807) is 12.1 Å². The highest BCUT2D eigenvalue weighted by atomic mass is 79.9. The van der Waals surface area contributed by atoms with Gasteiger partial charge in [0.2, 0.25) is 0 Å². The van der Waals surface area contributed by atoms with Crippen LogP contribution in [0.1, 0.15) is 32.1 Å². The number of nitro groups is 1. The fourth-order valence-electron chi connectivity index (χ4n) is 2.15. The Balaban J connectivity index is 2.36. The smallest absolute Gasteiger partial charge is 0.258 e. The predicted octanol–water partition coefficient (Wildman–Crippen LogP) is 4.43. The van der Waals surface area contributed by atoms with Crippen molar-refractivity contribution in [1.82, 2.24) is 0 Å². The minimum Gasteiger partial charge on any atom is -0.258 e. The Labute approximate surface area is 128 Å². The lowest BCUT2D eigenvalue weighted by Gasteiger charge is -2.10. The summed E-state index contributed by atoms with van der Waals surface area (Å²) in [6.07, 6.45) is 5.39. The molecule has 1 aromatic rings. The van der Waals surface area contributed by atoms with Gasteiger partial charge in [-0.25, -0.2) is 4.21 Å². The van der Waals surface area contributed by atoms with Gasteiger partial charge < -0.3 is 0 Å². The molecule has 20 heavy (non-hydrogen) atoms. The molecule has 0 bridgehead atoms. The quantitative estimate of drug-likeness (QED) is 0.457. The van der Waals surface area contributed by atoms with Crippen LogP contribution in [0, 0.1) is 10.1 Å². The Morgan fingerprint density at radius 1 is 1.25 bits per heavy atom. The summed E-state index contributed by atoms with van der Waals surface area (Å²) in [7, 11) is -1.60. The average Bonchev–Trinajstić information content (AvgIpc) is 2.47. The molecule has 1 fully saturated rings. The van der Waals surface area contributed by atoms with Crippen LogP contribution in [0.5, 0.6) is 0 Å². The molecule has 0 heterocycles. The number of allylic oxidation sites excluding steroid dienone is 1. The van der Waals surface area contributed by atoms with Gasteiger partial charge in [-0.15, -0.1) is 0 Å². The molecule has 1 aliphatic carbocycles. The van der Waals surface area contributed by atoms with Gasteiger partial charge in [-0.2, -0.15) is 0 Å². The fourth-order valence-corrected chi connectivity index (χ4v) is 3.92. The minimum absolute atomic E-state index is 0.127. The van der Waals surface area contributed by atoms with E-state index in [9.17, 15) is 14.3 Å². The van der Waals surface area contributed by atoms with Gasteiger partial charge in [0.15, 0.2) is 0 Å². The number of hydrogen-bond acceptors (Lipinski definition) is 3. The molecule has 1 aliphatic rings. The molecule has 6 heteroatoms. The van der Waals surface area contributed by atoms with Crippen LogP contribution in [0.15, 0.2) is 44.3 Å². The Morgan fingerprint density at radius 3 is 2.55 bits per heavy atom. The lowest BCUT2D eigenvalue weighted by atomic mass is 9.96. The third kappa shape index (κ3) is 3.66. The first kappa shape index (κ1) is 15.2. The standard InChI is InChI=1S/C14H14BrNO3S/c15-14(10-11-6-2-1-3-7-11)20(19)13-9-5-4-8-12(13)16(17)18/h4-5,8-9H,1-3,6-7H2. The van der Waals surface area contributed by atoms with Crippen molar-refractivity contribution in [2.24, 2.45) is 0 Å². The number of rotatable bonds is 3. The van der Waals surface area contributed by atoms with E-state index >= 15 is 0 Å². The van der Waals surface area contributed by atoms with E-state index in [2.05, 4.69) is 21.7 Å². The molecule has 106 valence electrons. The molecular formula is C14H14BrNO3S. The summed E-state index contributed by atoms with van der Waals surface area (Å²) in [5, 5.41) is 11.0. The predicted molar refractivity (Wildman–Crippen MR) is 82.1 cm³/mol. The first-order valence-electron chi connectivity index (χ1n) is 6.39. The summed E-state index contributed by atoms with van der Waals surface area (Å²) in [4.78, 5) is 10.6. The van der Waals surface area contributed by atoms with Gasteiger partial charge in [0.25, 0.3) is 5.69 Å². The highest BCUT2D eigenvalue weighted by Gasteiger charge is 2.20. The van der Waals surface area contributed by atoms with Gasteiger partial charge >= 0.3 is 0 Å². The monoisotopic (exact) mass is 355 g/mol. The third-order valence-electron chi connectivity index (χ3n) is 3.16. The number of nitro benzene ring substituents is 1. The molecule has 1 aromatic carbocycles. The highest BCUT2D eigenvalue weighted by Crippen LogP contribution is 2.29. The Morgan fingerprint density at radius 2 is 1.90 bits per heavy atom. The number of nitrogens with zero attached hydrogens (tertiary/aromatic N) is 1. The van der Waals surface area contributed by atoms with Gasteiger partial charge in [0, 0.05) is 6.07 Å². The Kier molecular flexibility index (Phi) is 5.29. The Bertz CT molecular complexity index is 613. The SMILES string of the molecule is O=[N+]([O-])c1ccccc1S(=O)C(Br)=C=C1CCCCC1. The van der Waals surface area contributed by atoms with Crippen LogP contribution >= 0.6 is 15.9 Å². The van der Waals surface area contributed by atoms with Gasteiger partial charge in [-0.3, -0.25) is 10.1 Å². The molecule has 0 radical (unpaired) electrons. The number of halogens is 1. The van der Waals surface area contributed by atoms with Gasteiger partial charge in [0.05, 0.1) is 4.92 Å². The summed E-state index contributed by atoms with van der Waals surface area (Å²) < 4.78 is 12.8. The topological polar surface area (TPSA) is 60.2 Å². The number of hydrogen-bond donors (Lipinski definition) is 0. The van der Waals surface area contributed by atoms with E-state index in [0.29, 0.717) is 3.81 Å². The second-order valence-corrected chi connectivity index (χ2v) is 7.26. The van der Waals surface area contributed by atoms with E-state index in [4.69, 9.17) is 0 Å². The van der Waals surface area contributed by atoms with Crippen molar-refractivity contribution in [3.63, 3.8) is 0 Å². The molecule has 1 saturated carbocycles. The maximum atomic E-state index is 12.4. The van der Waals surface area contributed by atoms with Crippen LogP contribution in [-0.2, 0) is 10.8 Å². The van der Waals surface area contributed by atoms with E-state index in [1.807, 2.05) is 0 Å². The zero-order chi connectivity index (χ0) is 14.5. The van der Waals surface area contributed by atoms with Crippen LogP contribution in [0.3, 0.4) is 0 Å². The van der Waals surface area contributed by atoms with E-state index in [-0.39, 0.29) is 10.6 Å². The summed E-state index contributed by atoms with van der Waals surface area (Å²) >= 11 is 3.26. The number of benzene rings is 1. The highest BCUT2D eigenvalue weighted by molar-refractivity contribution is 9.13. The molecule has 0 saturated heterocycles. The summed E-state index contributed by atoms with van der Waals surface area (Å²) in [5.41, 5.74) is 4.12. The van der Waals surface area contributed by atoms with E-state index in [1.165, 1.54) is 18.6 Å². The summed E-state index contributed by atoms with van der Waals surface area (Å²) in [6, 6.07) is 6.09. The zero-order valence-corrected chi connectivity index (χ0v) is 13.2. The van der Waals surface area contributed by atoms with Crippen LogP contribution < -0.4 is 0 Å². The maximum absolute atomic E-state index is 12.4. The summed E-state index contributed by atoms with van der Waals surface area (Å²) in [6.45, 7) is 0. The summed E-state index contributed by atoms with van der Waals surface area (Å²) in [5.74, 6) is 0. The van der Waals surface area contributed by atoms with E-state index in [0.717, 1.165) is 31.3 Å². The van der Waals surface area contributed by atoms with Crippen LogP contribution in [0.2, 0.25) is 0 Å². The van der Waals surface area contributed by atoms with Gasteiger partial charge in [-0.05, 0) is 53.3 Å². The fraction of sp³-hybridized carbons (Fsp3) is 0.357. The van der Waals surface area contributed by atoms with Crippen molar-refractivity contribution in [1.29, 1.82) is 0 Å². The lowest BCUT2D eigenvalue weighted by molar-refractivity contribution is -0.387. The Hall–Kier alpha value is -1.23. The van der Waals surface area contributed by atoms with E-state index < -0.39 is 15.7 Å². The molecule has 0 aliphatic heterocycles. The molecular weight excluding hydrogens is 342 g/mol. The molecule has 1 atom stereocenters. The minimum atomic E-state index is -1.60. The molecule has 2 rings (SSSR count). The van der Waals surface area contributed by atoms with Crippen molar-refractivity contribution >= 4 is 32.4 Å². The van der Waals surface area contributed by atoms with Gasteiger partial charge in [-0.1, -0.05) is 24.3 Å².